The van der Waals surface area contributed by atoms with Crippen LogP contribution >= 0.6 is 0 Å². The number of nitrogens with one attached hydrogen (secondary N) is 2. The highest BCUT2D eigenvalue weighted by Crippen LogP contribution is 2.31. The number of nitrogens with two attached hydrogens (primary N) is 1. The van der Waals surface area contributed by atoms with Gasteiger partial charge in [0.2, 0.25) is 0 Å². The van der Waals surface area contributed by atoms with Crippen LogP contribution in [-0.2, 0) is 20.8 Å². The third-order valence-electron chi connectivity index (χ3n) is 4.91. The first kappa shape index (κ1) is 22.8. The maximum absolute atomic E-state index is 12.9. The number of likely N-dealkylation sites (N-methyl/N-ethyl adjacent to an activating group) is 1. The van der Waals surface area contributed by atoms with E-state index in [0.717, 1.165) is 11.1 Å². The van der Waals surface area contributed by atoms with Gasteiger partial charge in [-0.05, 0) is 30.2 Å². The molecule has 2 aromatic carbocycles. The lowest BCUT2D eigenvalue weighted by Crippen LogP contribution is -2.53. The first-order valence-electron chi connectivity index (χ1n) is 10.4. The molecular formula is C24H26N4O4. The predicted octanol–water partition coefficient (Wildman–Crippen LogP) is 0.586. The van der Waals surface area contributed by atoms with E-state index in [-0.39, 0.29) is 12.5 Å². The maximum atomic E-state index is 12.9. The molecule has 8 nitrogen and oxygen atoms in total. The molecule has 8 heteroatoms. The van der Waals surface area contributed by atoms with Crippen molar-refractivity contribution in [2.24, 2.45) is 5.73 Å². The SMILES string of the molecule is CN1C(=O)[C@@H](NC(=O)C(=O)NCCc2ccccc2)COc2ccc(C#CCCN)cc21. The molecule has 1 heterocycles. The van der Waals surface area contributed by atoms with Crippen LogP contribution in [0.3, 0.4) is 0 Å². The highest BCUT2D eigenvalue weighted by molar-refractivity contribution is 6.35. The van der Waals surface area contributed by atoms with Crippen LogP contribution in [0.5, 0.6) is 5.75 Å². The number of nitrogens with zero attached hydrogens (tertiary/aromatic N) is 1. The van der Waals surface area contributed by atoms with Gasteiger partial charge in [-0.1, -0.05) is 42.2 Å². The minimum absolute atomic E-state index is 0.0859. The molecule has 3 rings (SSSR count). The van der Waals surface area contributed by atoms with Gasteiger partial charge in [0.1, 0.15) is 18.4 Å². The molecule has 1 atom stereocenters. The normalized spacial score (nSPS) is 14.9. The van der Waals surface area contributed by atoms with E-state index in [1.165, 1.54) is 4.90 Å². The van der Waals surface area contributed by atoms with Crippen molar-refractivity contribution in [1.29, 1.82) is 0 Å². The standard InChI is InChI=1S/C24H26N4O4/c1-28-20-15-18(9-5-6-13-25)10-11-21(20)32-16-19(24(28)31)27-23(30)22(29)26-14-12-17-7-3-2-4-8-17/h2-4,7-8,10-11,15,19H,6,12-14,16,25H2,1H3,(H,26,29)(H,27,30)/t19-/m0/s1. The van der Waals surface area contributed by atoms with E-state index in [2.05, 4.69) is 22.5 Å². The van der Waals surface area contributed by atoms with Crippen molar-refractivity contribution in [2.45, 2.75) is 18.9 Å². The van der Waals surface area contributed by atoms with Gasteiger partial charge in [-0.25, -0.2) is 0 Å². The Morgan fingerprint density at radius 1 is 1.19 bits per heavy atom. The molecule has 0 fully saturated rings. The Labute approximate surface area is 187 Å². The minimum atomic E-state index is -0.994. The Balaban J connectivity index is 1.59. The monoisotopic (exact) mass is 434 g/mol. The van der Waals surface area contributed by atoms with E-state index in [0.29, 0.717) is 37.4 Å². The zero-order valence-corrected chi connectivity index (χ0v) is 17.9. The van der Waals surface area contributed by atoms with Crippen LogP contribution < -0.4 is 26.0 Å². The number of rotatable bonds is 5. The summed E-state index contributed by atoms with van der Waals surface area (Å²) >= 11 is 0. The topological polar surface area (TPSA) is 114 Å². The molecule has 0 aromatic heterocycles. The Morgan fingerprint density at radius 2 is 1.97 bits per heavy atom. The molecule has 0 saturated carbocycles. The number of hydrogen-bond acceptors (Lipinski definition) is 5. The van der Waals surface area contributed by atoms with E-state index in [4.69, 9.17) is 10.5 Å². The fourth-order valence-corrected chi connectivity index (χ4v) is 3.19. The number of benzene rings is 2. The summed E-state index contributed by atoms with van der Waals surface area (Å²) in [6.45, 7) is 0.697. The molecule has 0 unspecified atom stereocenters. The number of anilines is 1. The lowest BCUT2D eigenvalue weighted by molar-refractivity contribution is -0.140. The maximum Gasteiger partial charge on any atom is 0.310 e. The molecule has 0 bridgehead atoms. The van der Waals surface area contributed by atoms with Crippen molar-refractivity contribution in [1.82, 2.24) is 10.6 Å². The summed E-state index contributed by atoms with van der Waals surface area (Å²) in [6.07, 6.45) is 1.17. The molecule has 2 aromatic rings. The van der Waals surface area contributed by atoms with Crippen LogP contribution in [0.1, 0.15) is 17.5 Å². The smallest absolute Gasteiger partial charge is 0.310 e. The summed E-state index contributed by atoms with van der Waals surface area (Å²) in [6, 6.07) is 13.9. The fourth-order valence-electron chi connectivity index (χ4n) is 3.19. The Kier molecular flexibility index (Phi) is 7.84. The van der Waals surface area contributed by atoms with Crippen LogP contribution in [0.15, 0.2) is 48.5 Å². The van der Waals surface area contributed by atoms with Gasteiger partial charge in [0.15, 0.2) is 0 Å². The van der Waals surface area contributed by atoms with E-state index in [9.17, 15) is 14.4 Å². The quantitative estimate of drug-likeness (QED) is 0.471. The van der Waals surface area contributed by atoms with Crippen molar-refractivity contribution in [2.75, 3.05) is 31.6 Å². The van der Waals surface area contributed by atoms with Crippen molar-refractivity contribution in [3.8, 4) is 17.6 Å². The second-order valence-electron chi connectivity index (χ2n) is 7.25. The summed E-state index contributed by atoms with van der Waals surface area (Å²) in [4.78, 5) is 38.8. The van der Waals surface area contributed by atoms with Gasteiger partial charge in [-0.2, -0.15) is 0 Å². The Bertz CT molecular complexity index is 1040. The minimum Gasteiger partial charge on any atom is -0.489 e. The molecule has 4 N–H and O–H groups in total. The van der Waals surface area contributed by atoms with Crippen molar-refractivity contribution in [3.63, 3.8) is 0 Å². The average Bonchev–Trinajstić information content (AvgIpc) is 2.92. The van der Waals surface area contributed by atoms with E-state index in [1.807, 2.05) is 30.3 Å². The summed E-state index contributed by atoms with van der Waals surface area (Å²) < 4.78 is 5.73. The number of fused-ring (bicyclic) bond motifs is 1. The van der Waals surface area contributed by atoms with Crippen LogP contribution in [0.2, 0.25) is 0 Å². The van der Waals surface area contributed by atoms with Gasteiger partial charge >= 0.3 is 11.8 Å². The molecule has 0 spiro atoms. The van der Waals surface area contributed by atoms with Gasteiger partial charge in [0.25, 0.3) is 5.91 Å². The van der Waals surface area contributed by atoms with Crippen LogP contribution in [0.4, 0.5) is 5.69 Å². The summed E-state index contributed by atoms with van der Waals surface area (Å²) in [5, 5.41) is 5.04. The number of carbonyl (C=O) groups excluding carboxylic acids is 3. The van der Waals surface area contributed by atoms with E-state index < -0.39 is 17.9 Å². The second-order valence-corrected chi connectivity index (χ2v) is 7.25. The van der Waals surface area contributed by atoms with Gasteiger partial charge in [0, 0.05) is 32.1 Å². The Hall–Kier alpha value is -3.83. The molecule has 0 saturated heterocycles. The number of ether oxygens (including phenoxy) is 1. The van der Waals surface area contributed by atoms with E-state index >= 15 is 0 Å². The van der Waals surface area contributed by atoms with Gasteiger partial charge in [-0.15, -0.1) is 0 Å². The summed E-state index contributed by atoms with van der Waals surface area (Å²) in [7, 11) is 1.59. The summed E-state index contributed by atoms with van der Waals surface area (Å²) in [5.74, 6) is 4.38. The second kappa shape index (κ2) is 11.0. The molecular weight excluding hydrogens is 408 g/mol. The first-order valence-corrected chi connectivity index (χ1v) is 10.4. The van der Waals surface area contributed by atoms with Crippen LogP contribution in [-0.4, -0.2) is 50.5 Å². The zero-order chi connectivity index (χ0) is 22.9. The molecule has 1 aliphatic heterocycles. The van der Waals surface area contributed by atoms with E-state index in [1.54, 1.807) is 25.2 Å². The van der Waals surface area contributed by atoms with Crippen molar-refractivity contribution in [3.05, 3.63) is 59.7 Å². The van der Waals surface area contributed by atoms with Gasteiger partial charge in [-0.3, -0.25) is 14.4 Å². The highest BCUT2D eigenvalue weighted by atomic mass is 16.5. The molecule has 0 aliphatic carbocycles. The van der Waals surface area contributed by atoms with Crippen LogP contribution in [0.25, 0.3) is 0 Å². The molecule has 32 heavy (non-hydrogen) atoms. The lowest BCUT2D eigenvalue weighted by Gasteiger charge is -2.20. The third-order valence-corrected chi connectivity index (χ3v) is 4.91. The van der Waals surface area contributed by atoms with Crippen molar-refractivity contribution < 1.29 is 19.1 Å². The predicted molar refractivity (Wildman–Crippen MR) is 121 cm³/mol. The summed E-state index contributed by atoms with van der Waals surface area (Å²) in [5.41, 5.74) is 7.77. The van der Waals surface area contributed by atoms with Gasteiger partial charge < -0.3 is 26.0 Å². The molecule has 3 amide bonds. The largest absolute Gasteiger partial charge is 0.489 e. The third kappa shape index (κ3) is 5.86. The Morgan fingerprint density at radius 3 is 2.72 bits per heavy atom. The van der Waals surface area contributed by atoms with Crippen LogP contribution in [0, 0.1) is 11.8 Å². The molecule has 1 aliphatic rings. The first-order chi connectivity index (χ1) is 15.5. The van der Waals surface area contributed by atoms with Gasteiger partial charge in [0.05, 0.1) is 5.69 Å². The zero-order valence-electron chi connectivity index (χ0n) is 17.9. The van der Waals surface area contributed by atoms with Crippen molar-refractivity contribution >= 4 is 23.4 Å². The highest BCUT2D eigenvalue weighted by Gasteiger charge is 2.32. The molecule has 166 valence electrons. The molecule has 0 radical (unpaired) electrons. The lowest BCUT2D eigenvalue weighted by atomic mass is 10.1. The number of amides is 3. The average molecular weight is 434 g/mol. The number of carbonyl (C=O) groups is 3. The number of hydrogen-bond donors (Lipinski definition) is 3. The fraction of sp³-hybridized carbons (Fsp3) is 0.292.